The van der Waals surface area contributed by atoms with Crippen molar-refractivity contribution in [1.82, 2.24) is 0 Å². The maximum Gasteiger partial charge on any atom is 0.144 e. The number of ether oxygens (including phenoxy) is 1. The summed E-state index contributed by atoms with van der Waals surface area (Å²) in [5, 5.41) is 0. The summed E-state index contributed by atoms with van der Waals surface area (Å²) in [4.78, 5) is 2.37. The Morgan fingerprint density at radius 3 is 2.78 bits per heavy atom. The average Bonchev–Trinajstić information content (AvgIpc) is 2.68. The number of nitrogens with two attached hydrogens (primary N) is 1. The highest BCUT2D eigenvalue weighted by molar-refractivity contribution is 5.74. The molecule has 0 aromatic heterocycles. The first kappa shape index (κ1) is 13.1. The molecule has 0 aliphatic carbocycles. The fourth-order valence-electron chi connectivity index (χ4n) is 2.46. The second-order valence-electron chi connectivity index (χ2n) is 5.87. The molecule has 0 bridgehead atoms. The molecule has 1 aliphatic rings. The standard InChI is InChI=1S/C15H24N2O/c1-4-10-18-13-7-5-6-12(14(13)16)17-9-8-15(2,3)11-17/h5-7H,4,8-11,16H2,1-3H3. The van der Waals surface area contributed by atoms with Crippen LogP contribution in [0.15, 0.2) is 18.2 Å². The third-order valence-corrected chi connectivity index (χ3v) is 3.52. The molecule has 3 nitrogen and oxygen atoms in total. The quantitative estimate of drug-likeness (QED) is 0.831. The van der Waals surface area contributed by atoms with E-state index in [9.17, 15) is 0 Å². The number of benzene rings is 1. The van der Waals surface area contributed by atoms with E-state index < -0.39 is 0 Å². The Hall–Kier alpha value is -1.38. The lowest BCUT2D eigenvalue weighted by Crippen LogP contribution is -2.23. The maximum absolute atomic E-state index is 6.23. The van der Waals surface area contributed by atoms with Gasteiger partial charge in [-0.2, -0.15) is 0 Å². The van der Waals surface area contributed by atoms with Crippen LogP contribution in [0.3, 0.4) is 0 Å². The molecule has 1 aliphatic heterocycles. The minimum Gasteiger partial charge on any atom is -0.491 e. The Morgan fingerprint density at radius 2 is 2.17 bits per heavy atom. The molecular formula is C15H24N2O. The minimum atomic E-state index is 0.382. The molecule has 1 saturated heterocycles. The molecule has 100 valence electrons. The summed E-state index contributed by atoms with van der Waals surface area (Å²) in [6.45, 7) is 9.58. The average molecular weight is 248 g/mol. The molecule has 18 heavy (non-hydrogen) atoms. The largest absolute Gasteiger partial charge is 0.491 e. The first-order valence-corrected chi connectivity index (χ1v) is 6.80. The van der Waals surface area contributed by atoms with Gasteiger partial charge in [0.25, 0.3) is 0 Å². The first-order valence-electron chi connectivity index (χ1n) is 6.80. The number of hydrogen-bond donors (Lipinski definition) is 1. The highest BCUT2D eigenvalue weighted by Gasteiger charge is 2.30. The highest BCUT2D eigenvalue weighted by atomic mass is 16.5. The van der Waals surface area contributed by atoms with Gasteiger partial charge < -0.3 is 15.4 Å². The van der Waals surface area contributed by atoms with E-state index in [1.807, 2.05) is 12.1 Å². The van der Waals surface area contributed by atoms with Gasteiger partial charge in [-0.15, -0.1) is 0 Å². The van der Waals surface area contributed by atoms with Crippen molar-refractivity contribution in [2.75, 3.05) is 30.3 Å². The molecule has 0 atom stereocenters. The van der Waals surface area contributed by atoms with E-state index in [0.29, 0.717) is 5.41 Å². The van der Waals surface area contributed by atoms with Crippen LogP contribution in [0.4, 0.5) is 11.4 Å². The number of rotatable bonds is 4. The molecule has 1 fully saturated rings. The molecule has 0 amide bonds. The Kier molecular flexibility index (Phi) is 3.69. The first-order chi connectivity index (χ1) is 8.53. The lowest BCUT2D eigenvalue weighted by atomic mass is 9.93. The van der Waals surface area contributed by atoms with Gasteiger partial charge in [-0.05, 0) is 30.4 Å². The highest BCUT2D eigenvalue weighted by Crippen LogP contribution is 2.38. The van der Waals surface area contributed by atoms with Gasteiger partial charge >= 0.3 is 0 Å². The predicted molar refractivity (Wildman–Crippen MR) is 77.3 cm³/mol. The van der Waals surface area contributed by atoms with E-state index in [0.717, 1.165) is 43.2 Å². The van der Waals surface area contributed by atoms with Gasteiger partial charge in [-0.25, -0.2) is 0 Å². The molecule has 2 rings (SSSR count). The molecule has 1 aromatic carbocycles. The van der Waals surface area contributed by atoms with E-state index in [2.05, 4.69) is 31.7 Å². The zero-order valence-electron chi connectivity index (χ0n) is 11.7. The minimum absolute atomic E-state index is 0.382. The van der Waals surface area contributed by atoms with Gasteiger partial charge in [-0.3, -0.25) is 0 Å². The van der Waals surface area contributed by atoms with Crippen molar-refractivity contribution in [3.8, 4) is 5.75 Å². The van der Waals surface area contributed by atoms with Gasteiger partial charge in [0.1, 0.15) is 5.75 Å². The van der Waals surface area contributed by atoms with Crippen LogP contribution in [-0.4, -0.2) is 19.7 Å². The molecule has 0 unspecified atom stereocenters. The Balaban J connectivity index is 2.18. The number of hydrogen-bond acceptors (Lipinski definition) is 3. The van der Waals surface area contributed by atoms with Crippen molar-refractivity contribution in [1.29, 1.82) is 0 Å². The molecule has 3 heteroatoms. The lowest BCUT2D eigenvalue weighted by molar-refractivity contribution is 0.319. The van der Waals surface area contributed by atoms with Crippen molar-refractivity contribution in [2.24, 2.45) is 5.41 Å². The lowest BCUT2D eigenvalue weighted by Gasteiger charge is -2.24. The topological polar surface area (TPSA) is 38.5 Å². The molecule has 0 radical (unpaired) electrons. The summed E-state index contributed by atoms with van der Waals surface area (Å²) >= 11 is 0. The Labute approximate surface area is 110 Å². The molecule has 1 aromatic rings. The smallest absolute Gasteiger partial charge is 0.144 e. The number of nitrogens with zero attached hydrogens (tertiary/aromatic N) is 1. The molecular weight excluding hydrogens is 224 g/mol. The van der Waals surface area contributed by atoms with Crippen molar-refractivity contribution >= 4 is 11.4 Å². The van der Waals surface area contributed by atoms with Crippen molar-refractivity contribution in [3.05, 3.63) is 18.2 Å². The monoisotopic (exact) mass is 248 g/mol. The van der Waals surface area contributed by atoms with Gasteiger partial charge in [0.05, 0.1) is 18.0 Å². The molecule has 0 spiro atoms. The van der Waals surface area contributed by atoms with Gasteiger partial charge in [0.15, 0.2) is 0 Å². The van der Waals surface area contributed by atoms with Crippen molar-refractivity contribution in [3.63, 3.8) is 0 Å². The molecule has 0 saturated carbocycles. The van der Waals surface area contributed by atoms with Crippen LogP contribution >= 0.6 is 0 Å². The molecule has 1 heterocycles. The van der Waals surface area contributed by atoms with Crippen LogP contribution in [0.2, 0.25) is 0 Å². The Bertz CT molecular complexity index is 415. The van der Waals surface area contributed by atoms with Crippen LogP contribution in [0.5, 0.6) is 5.75 Å². The third kappa shape index (κ3) is 2.71. The summed E-state index contributed by atoms with van der Waals surface area (Å²) in [5.74, 6) is 0.819. The predicted octanol–water partition coefficient (Wildman–Crippen LogP) is 3.29. The summed E-state index contributed by atoms with van der Waals surface area (Å²) in [6.07, 6.45) is 2.22. The van der Waals surface area contributed by atoms with Gasteiger partial charge in [0.2, 0.25) is 0 Å². The van der Waals surface area contributed by atoms with Crippen LogP contribution in [0, 0.1) is 5.41 Å². The number of nitrogen functional groups attached to an aromatic ring is 1. The summed E-state index contributed by atoms with van der Waals surface area (Å²) in [5.41, 5.74) is 8.51. The molecule has 2 N–H and O–H groups in total. The van der Waals surface area contributed by atoms with Crippen LogP contribution in [0.25, 0.3) is 0 Å². The van der Waals surface area contributed by atoms with Crippen LogP contribution < -0.4 is 15.4 Å². The normalized spacial score (nSPS) is 18.1. The fourth-order valence-corrected chi connectivity index (χ4v) is 2.46. The number of anilines is 2. The fraction of sp³-hybridized carbons (Fsp3) is 0.600. The Morgan fingerprint density at radius 1 is 1.39 bits per heavy atom. The maximum atomic E-state index is 6.23. The van der Waals surface area contributed by atoms with E-state index in [1.54, 1.807) is 0 Å². The van der Waals surface area contributed by atoms with Crippen molar-refractivity contribution in [2.45, 2.75) is 33.6 Å². The van der Waals surface area contributed by atoms with Crippen LogP contribution in [0.1, 0.15) is 33.6 Å². The van der Waals surface area contributed by atoms with Gasteiger partial charge in [0, 0.05) is 13.1 Å². The second-order valence-corrected chi connectivity index (χ2v) is 5.87. The summed E-state index contributed by atoms with van der Waals surface area (Å²) < 4.78 is 5.69. The summed E-state index contributed by atoms with van der Waals surface area (Å²) in [7, 11) is 0. The van der Waals surface area contributed by atoms with E-state index in [1.165, 1.54) is 6.42 Å². The second kappa shape index (κ2) is 5.09. The van der Waals surface area contributed by atoms with E-state index in [4.69, 9.17) is 10.5 Å². The van der Waals surface area contributed by atoms with E-state index in [-0.39, 0.29) is 0 Å². The zero-order valence-corrected chi connectivity index (χ0v) is 11.7. The third-order valence-electron chi connectivity index (χ3n) is 3.52. The summed E-state index contributed by atoms with van der Waals surface area (Å²) in [6, 6.07) is 6.08. The van der Waals surface area contributed by atoms with Crippen molar-refractivity contribution < 1.29 is 4.74 Å². The zero-order chi connectivity index (χ0) is 13.2. The van der Waals surface area contributed by atoms with Gasteiger partial charge in [-0.1, -0.05) is 26.8 Å². The number of para-hydroxylation sites is 1. The SMILES string of the molecule is CCCOc1cccc(N2CCC(C)(C)C2)c1N. The van der Waals surface area contributed by atoms with E-state index >= 15 is 0 Å². The van der Waals surface area contributed by atoms with Crippen LogP contribution in [-0.2, 0) is 0 Å².